The van der Waals surface area contributed by atoms with Crippen LogP contribution in [0.4, 0.5) is 0 Å². The zero-order valence-corrected chi connectivity index (χ0v) is 13.1. The van der Waals surface area contributed by atoms with Crippen LogP contribution in [0.3, 0.4) is 0 Å². The van der Waals surface area contributed by atoms with E-state index >= 15 is 0 Å². The minimum atomic E-state index is -0.879. The fraction of sp³-hybridized carbons (Fsp3) is 0.222. The molecule has 1 unspecified atom stereocenters. The van der Waals surface area contributed by atoms with Crippen molar-refractivity contribution in [2.75, 3.05) is 0 Å². The Morgan fingerprint density at radius 1 is 1.18 bits per heavy atom. The summed E-state index contributed by atoms with van der Waals surface area (Å²) >= 11 is 4.45. The maximum Gasteiger partial charge on any atom is 0.310 e. The standard InChI is InChI=1S/C18H16O3S/c1-10(18(20)21)13-8-12-7-6-11-4-2-3-5-14(11)17(19)16(12)15(22)9-13/h2-5,8-10,22H,6-7H2,1H3,(H,20,21). The number of benzene rings is 2. The van der Waals surface area contributed by atoms with Gasteiger partial charge in [0.05, 0.1) is 5.92 Å². The molecule has 0 aliphatic heterocycles. The molecule has 3 rings (SSSR count). The van der Waals surface area contributed by atoms with Gasteiger partial charge >= 0.3 is 5.97 Å². The number of aliphatic carboxylic acids is 1. The summed E-state index contributed by atoms with van der Waals surface area (Å²) in [6.45, 7) is 1.64. The lowest BCUT2D eigenvalue weighted by molar-refractivity contribution is -0.138. The predicted molar refractivity (Wildman–Crippen MR) is 87.0 cm³/mol. The van der Waals surface area contributed by atoms with Crippen LogP contribution in [-0.4, -0.2) is 16.9 Å². The van der Waals surface area contributed by atoms with E-state index in [-0.39, 0.29) is 5.78 Å². The van der Waals surface area contributed by atoms with E-state index in [0.717, 1.165) is 23.1 Å². The summed E-state index contributed by atoms with van der Waals surface area (Å²) in [5.74, 6) is -1.52. The molecule has 1 aliphatic carbocycles. The Bertz CT molecular complexity index is 780. The van der Waals surface area contributed by atoms with Gasteiger partial charge in [-0.15, -0.1) is 12.6 Å². The summed E-state index contributed by atoms with van der Waals surface area (Å²) in [5, 5.41) is 9.19. The first-order chi connectivity index (χ1) is 10.5. The molecule has 112 valence electrons. The molecule has 1 aliphatic rings. The zero-order valence-electron chi connectivity index (χ0n) is 12.2. The van der Waals surface area contributed by atoms with Crippen molar-refractivity contribution in [3.8, 4) is 0 Å². The summed E-state index contributed by atoms with van der Waals surface area (Å²) in [6, 6.07) is 11.2. The number of carboxylic acid groups (broad SMARTS) is 1. The van der Waals surface area contributed by atoms with Gasteiger partial charge in [-0.2, -0.15) is 0 Å². The van der Waals surface area contributed by atoms with Crippen LogP contribution in [0.15, 0.2) is 41.3 Å². The molecular formula is C18H16O3S. The summed E-state index contributed by atoms with van der Waals surface area (Å²) in [5.41, 5.74) is 3.93. The molecule has 3 nitrogen and oxygen atoms in total. The summed E-state index contributed by atoms with van der Waals surface area (Å²) in [7, 11) is 0. The van der Waals surface area contributed by atoms with Gasteiger partial charge < -0.3 is 5.11 Å². The van der Waals surface area contributed by atoms with Gasteiger partial charge in [-0.05, 0) is 42.5 Å². The minimum absolute atomic E-state index is 0.0253. The second-order valence-electron chi connectivity index (χ2n) is 5.62. The van der Waals surface area contributed by atoms with Gasteiger partial charge in [-0.3, -0.25) is 9.59 Å². The topological polar surface area (TPSA) is 54.4 Å². The Morgan fingerprint density at radius 2 is 1.86 bits per heavy atom. The van der Waals surface area contributed by atoms with Crippen LogP contribution >= 0.6 is 12.6 Å². The first-order valence-electron chi connectivity index (χ1n) is 7.20. The van der Waals surface area contributed by atoms with Crippen LogP contribution in [0.25, 0.3) is 0 Å². The molecular weight excluding hydrogens is 296 g/mol. The van der Waals surface area contributed by atoms with Gasteiger partial charge in [0.2, 0.25) is 0 Å². The number of fused-ring (bicyclic) bond motifs is 2. The van der Waals surface area contributed by atoms with Crippen molar-refractivity contribution in [2.24, 2.45) is 0 Å². The number of carboxylic acids is 1. The Morgan fingerprint density at radius 3 is 2.59 bits per heavy atom. The molecule has 4 heteroatoms. The third-order valence-electron chi connectivity index (χ3n) is 4.24. The number of hydrogen-bond acceptors (Lipinski definition) is 3. The molecule has 2 aromatic carbocycles. The molecule has 0 fully saturated rings. The second kappa shape index (κ2) is 5.61. The van der Waals surface area contributed by atoms with Gasteiger partial charge in [-0.25, -0.2) is 0 Å². The lowest BCUT2D eigenvalue weighted by Gasteiger charge is -2.14. The zero-order chi connectivity index (χ0) is 15.9. The molecule has 0 radical (unpaired) electrons. The Hall–Kier alpha value is -2.07. The van der Waals surface area contributed by atoms with Crippen LogP contribution in [0.2, 0.25) is 0 Å². The van der Waals surface area contributed by atoms with Crippen LogP contribution < -0.4 is 0 Å². The summed E-state index contributed by atoms with van der Waals surface area (Å²) in [4.78, 5) is 24.6. The fourth-order valence-corrected chi connectivity index (χ4v) is 3.32. The maximum atomic E-state index is 12.8. The fourth-order valence-electron chi connectivity index (χ4n) is 2.93. The normalized spacial score (nSPS) is 14.7. The highest BCUT2D eigenvalue weighted by Crippen LogP contribution is 2.32. The number of hydrogen-bond donors (Lipinski definition) is 2. The van der Waals surface area contributed by atoms with Crippen LogP contribution in [0.1, 0.15) is 45.5 Å². The van der Waals surface area contributed by atoms with E-state index in [4.69, 9.17) is 0 Å². The third-order valence-corrected chi connectivity index (χ3v) is 4.60. The molecule has 0 spiro atoms. The number of thiol groups is 1. The second-order valence-corrected chi connectivity index (χ2v) is 6.10. The van der Waals surface area contributed by atoms with E-state index in [1.165, 1.54) is 0 Å². The number of carbonyl (C=O) groups is 2. The van der Waals surface area contributed by atoms with E-state index in [1.807, 2.05) is 30.3 Å². The summed E-state index contributed by atoms with van der Waals surface area (Å²) in [6.07, 6.45) is 1.48. The Balaban J connectivity index is 2.15. The van der Waals surface area contributed by atoms with Crippen molar-refractivity contribution < 1.29 is 14.7 Å². The third kappa shape index (κ3) is 2.44. The van der Waals surface area contributed by atoms with Gasteiger partial charge in [0.1, 0.15) is 0 Å². The SMILES string of the molecule is CC(C(=O)O)c1cc(S)c2c(c1)CCc1ccccc1C2=O. The van der Waals surface area contributed by atoms with Crippen molar-refractivity contribution in [2.45, 2.75) is 30.6 Å². The van der Waals surface area contributed by atoms with E-state index in [2.05, 4.69) is 12.6 Å². The number of aryl methyl sites for hydroxylation is 2. The Kier molecular flexibility index (Phi) is 3.79. The largest absolute Gasteiger partial charge is 0.481 e. The van der Waals surface area contributed by atoms with Crippen molar-refractivity contribution in [3.63, 3.8) is 0 Å². The lowest BCUT2D eigenvalue weighted by atomic mass is 9.93. The van der Waals surface area contributed by atoms with Crippen molar-refractivity contribution in [3.05, 3.63) is 64.2 Å². The first kappa shape index (κ1) is 14.9. The number of rotatable bonds is 2. The Labute approximate surface area is 134 Å². The van der Waals surface area contributed by atoms with E-state index in [0.29, 0.717) is 22.4 Å². The van der Waals surface area contributed by atoms with Crippen molar-refractivity contribution >= 4 is 24.4 Å². The maximum absolute atomic E-state index is 12.8. The summed E-state index contributed by atoms with van der Waals surface area (Å²) < 4.78 is 0. The van der Waals surface area contributed by atoms with Crippen molar-refractivity contribution in [1.82, 2.24) is 0 Å². The molecule has 0 saturated carbocycles. The quantitative estimate of drug-likeness (QED) is 0.835. The van der Waals surface area contributed by atoms with Crippen molar-refractivity contribution in [1.29, 1.82) is 0 Å². The van der Waals surface area contributed by atoms with Gasteiger partial charge in [0.25, 0.3) is 0 Å². The van der Waals surface area contributed by atoms with E-state index in [1.54, 1.807) is 13.0 Å². The van der Waals surface area contributed by atoms with E-state index in [9.17, 15) is 14.7 Å². The molecule has 1 N–H and O–H groups in total. The molecule has 0 bridgehead atoms. The predicted octanol–water partition coefficient (Wildman–Crippen LogP) is 3.49. The minimum Gasteiger partial charge on any atom is -0.481 e. The number of ketones is 1. The average molecular weight is 312 g/mol. The molecule has 2 aromatic rings. The molecule has 0 saturated heterocycles. The van der Waals surface area contributed by atoms with Crippen LogP contribution in [0, 0.1) is 0 Å². The lowest BCUT2D eigenvalue weighted by Crippen LogP contribution is -2.11. The van der Waals surface area contributed by atoms with Gasteiger partial charge in [0, 0.05) is 16.0 Å². The van der Waals surface area contributed by atoms with Gasteiger partial charge in [-0.1, -0.05) is 30.3 Å². The molecule has 0 amide bonds. The van der Waals surface area contributed by atoms with E-state index < -0.39 is 11.9 Å². The highest BCUT2D eigenvalue weighted by atomic mass is 32.1. The van der Waals surface area contributed by atoms with Crippen LogP contribution in [-0.2, 0) is 17.6 Å². The van der Waals surface area contributed by atoms with Crippen LogP contribution in [0.5, 0.6) is 0 Å². The average Bonchev–Trinajstić information content (AvgIpc) is 2.64. The van der Waals surface area contributed by atoms with Gasteiger partial charge in [0.15, 0.2) is 5.78 Å². The first-order valence-corrected chi connectivity index (χ1v) is 7.65. The highest BCUT2D eigenvalue weighted by molar-refractivity contribution is 7.80. The highest BCUT2D eigenvalue weighted by Gasteiger charge is 2.25. The molecule has 0 heterocycles. The monoisotopic (exact) mass is 312 g/mol. The number of carbonyl (C=O) groups excluding carboxylic acids is 1. The molecule has 1 atom stereocenters. The molecule has 22 heavy (non-hydrogen) atoms. The smallest absolute Gasteiger partial charge is 0.310 e. The molecule has 0 aromatic heterocycles.